The Balaban J connectivity index is 2.06. The summed E-state index contributed by atoms with van der Waals surface area (Å²) in [6.45, 7) is 0. The number of phenolic OH excluding ortho intramolecular Hbond substituents is 1. The van der Waals surface area contributed by atoms with Gasteiger partial charge in [-0.1, -0.05) is 35.9 Å². The van der Waals surface area contributed by atoms with Crippen LogP contribution >= 0.6 is 11.6 Å². The molecule has 4 nitrogen and oxygen atoms in total. The molecule has 0 saturated carbocycles. The van der Waals surface area contributed by atoms with E-state index in [4.69, 9.17) is 11.6 Å². The normalized spacial score (nSPS) is 10.6. The van der Waals surface area contributed by atoms with Gasteiger partial charge in [-0.3, -0.25) is 4.79 Å². The zero-order chi connectivity index (χ0) is 13.7. The Morgan fingerprint density at radius 1 is 1.16 bits per heavy atom. The van der Waals surface area contributed by atoms with Crippen LogP contribution in [0.5, 0.6) is 5.75 Å². The van der Waals surface area contributed by atoms with Gasteiger partial charge in [0.1, 0.15) is 5.75 Å². The SMILES string of the molecule is O=C(NN=Cc1ccccc1O)c1ccccc1Cl. The van der Waals surface area contributed by atoms with Gasteiger partial charge in [0.15, 0.2) is 0 Å². The lowest BCUT2D eigenvalue weighted by atomic mass is 10.2. The van der Waals surface area contributed by atoms with E-state index < -0.39 is 5.91 Å². The smallest absolute Gasteiger partial charge is 0.272 e. The average molecular weight is 275 g/mol. The minimum atomic E-state index is -0.405. The molecule has 0 aliphatic rings. The highest BCUT2D eigenvalue weighted by Crippen LogP contribution is 2.15. The van der Waals surface area contributed by atoms with Gasteiger partial charge in [0.25, 0.3) is 5.91 Å². The van der Waals surface area contributed by atoms with Crippen LogP contribution in [-0.4, -0.2) is 17.2 Å². The Labute approximate surface area is 115 Å². The molecule has 2 aromatic rings. The van der Waals surface area contributed by atoms with Crippen LogP contribution < -0.4 is 5.43 Å². The van der Waals surface area contributed by atoms with E-state index in [0.29, 0.717) is 16.1 Å². The van der Waals surface area contributed by atoms with Crippen LogP contribution in [0.3, 0.4) is 0 Å². The second kappa shape index (κ2) is 6.02. The largest absolute Gasteiger partial charge is 0.507 e. The number of hydrogen-bond donors (Lipinski definition) is 2. The predicted molar refractivity (Wildman–Crippen MR) is 74.6 cm³/mol. The quantitative estimate of drug-likeness (QED) is 0.668. The molecular weight excluding hydrogens is 264 g/mol. The number of halogens is 1. The van der Waals surface area contributed by atoms with Gasteiger partial charge in [-0.15, -0.1) is 0 Å². The number of phenols is 1. The summed E-state index contributed by atoms with van der Waals surface area (Å²) in [7, 11) is 0. The van der Waals surface area contributed by atoms with Crippen LogP contribution in [-0.2, 0) is 0 Å². The predicted octanol–water partition coefficient (Wildman–Crippen LogP) is 2.81. The lowest BCUT2D eigenvalue weighted by Gasteiger charge is -2.02. The highest BCUT2D eigenvalue weighted by atomic mass is 35.5. The van der Waals surface area contributed by atoms with Crippen LogP contribution in [0.25, 0.3) is 0 Å². The molecule has 2 N–H and O–H groups in total. The van der Waals surface area contributed by atoms with Crippen LogP contribution in [0.1, 0.15) is 15.9 Å². The number of nitrogens with one attached hydrogen (secondary N) is 1. The van der Waals surface area contributed by atoms with Crippen molar-refractivity contribution in [3.8, 4) is 5.75 Å². The number of amides is 1. The zero-order valence-corrected chi connectivity index (χ0v) is 10.6. The Morgan fingerprint density at radius 2 is 1.84 bits per heavy atom. The first-order chi connectivity index (χ1) is 9.18. The first-order valence-corrected chi connectivity index (χ1v) is 5.92. The molecule has 2 aromatic carbocycles. The standard InChI is InChI=1S/C14H11ClN2O2/c15-12-7-3-2-6-11(12)14(19)17-16-9-10-5-1-4-8-13(10)18/h1-9,18H,(H,17,19). The summed E-state index contributed by atoms with van der Waals surface area (Å²) < 4.78 is 0. The van der Waals surface area contributed by atoms with Gasteiger partial charge < -0.3 is 5.11 Å². The Bertz CT molecular complexity index is 626. The summed E-state index contributed by atoms with van der Waals surface area (Å²) in [4.78, 5) is 11.8. The number of aromatic hydroxyl groups is 1. The van der Waals surface area contributed by atoms with Crippen molar-refractivity contribution in [1.29, 1.82) is 0 Å². The molecule has 0 unspecified atom stereocenters. The number of nitrogens with zero attached hydrogens (tertiary/aromatic N) is 1. The molecule has 1 amide bonds. The topological polar surface area (TPSA) is 61.7 Å². The number of carbonyl (C=O) groups is 1. The number of carbonyl (C=O) groups excluding carboxylic acids is 1. The van der Waals surface area contributed by atoms with Gasteiger partial charge >= 0.3 is 0 Å². The van der Waals surface area contributed by atoms with Gasteiger partial charge in [0, 0.05) is 5.56 Å². The lowest BCUT2D eigenvalue weighted by molar-refractivity contribution is 0.0955. The maximum absolute atomic E-state index is 11.8. The molecule has 0 bridgehead atoms. The third-order valence-corrected chi connectivity index (χ3v) is 2.75. The highest BCUT2D eigenvalue weighted by molar-refractivity contribution is 6.33. The molecular formula is C14H11ClN2O2. The van der Waals surface area contributed by atoms with E-state index in [-0.39, 0.29) is 5.75 Å². The fourth-order valence-electron chi connectivity index (χ4n) is 1.46. The van der Waals surface area contributed by atoms with Gasteiger partial charge in [-0.25, -0.2) is 5.43 Å². The first kappa shape index (κ1) is 13.1. The average Bonchev–Trinajstić information content (AvgIpc) is 2.41. The molecule has 0 heterocycles. The summed E-state index contributed by atoms with van der Waals surface area (Å²) >= 11 is 5.89. The van der Waals surface area contributed by atoms with E-state index >= 15 is 0 Å². The molecule has 2 rings (SSSR count). The van der Waals surface area contributed by atoms with Gasteiger partial charge in [-0.05, 0) is 24.3 Å². The van der Waals surface area contributed by atoms with Gasteiger partial charge in [-0.2, -0.15) is 5.10 Å². The Hall–Kier alpha value is -2.33. The van der Waals surface area contributed by atoms with Crippen LogP contribution in [0.4, 0.5) is 0 Å². The Morgan fingerprint density at radius 3 is 2.58 bits per heavy atom. The van der Waals surface area contributed by atoms with Gasteiger partial charge in [0.2, 0.25) is 0 Å². The molecule has 0 atom stereocenters. The van der Waals surface area contributed by atoms with Crippen LogP contribution in [0.15, 0.2) is 53.6 Å². The molecule has 0 radical (unpaired) electrons. The van der Waals surface area contributed by atoms with Crippen molar-refractivity contribution in [1.82, 2.24) is 5.43 Å². The fraction of sp³-hybridized carbons (Fsp3) is 0. The minimum absolute atomic E-state index is 0.0956. The lowest BCUT2D eigenvalue weighted by Crippen LogP contribution is -2.17. The number of para-hydroxylation sites is 1. The molecule has 5 heteroatoms. The van der Waals surface area contributed by atoms with Crippen molar-refractivity contribution in [3.05, 3.63) is 64.7 Å². The van der Waals surface area contributed by atoms with Crippen LogP contribution in [0.2, 0.25) is 5.02 Å². The van der Waals surface area contributed by atoms with Crippen molar-refractivity contribution in [2.75, 3.05) is 0 Å². The third kappa shape index (κ3) is 3.33. The second-order valence-electron chi connectivity index (χ2n) is 3.74. The Kier molecular flexibility index (Phi) is 4.15. The van der Waals surface area contributed by atoms with E-state index in [9.17, 15) is 9.90 Å². The molecule has 96 valence electrons. The van der Waals surface area contributed by atoms with Crippen molar-refractivity contribution in [2.45, 2.75) is 0 Å². The van der Waals surface area contributed by atoms with E-state index in [1.54, 1.807) is 42.5 Å². The molecule has 0 aromatic heterocycles. The number of benzene rings is 2. The molecule has 0 aliphatic carbocycles. The molecule has 0 fully saturated rings. The highest BCUT2D eigenvalue weighted by Gasteiger charge is 2.07. The minimum Gasteiger partial charge on any atom is -0.507 e. The molecule has 0 saturated heterocycles. The van der Waals surface area contributed by atoms with E-state index in [2.05, 4.69) is 10.5 Å². The van der Waals surface area contributed by atoms with Crippen molar-refractivity contribution < 1.29 is 9.90 Å². The van der Waals surface area contributed by atoms with Crippen LogP contribution in [0, 0.1) is 0 Å². The summed E-state index contributed by atoms with van der Waals surface area (Å²) in [5, 5.41) is 13.6. The maximum atomic E-state index is 11.8. The van der Waals surface area contributed by atoms with E-state index in [1.165, 1.54) is 12.3 Å². The fourth-order valence-corrected chi connectivity index (χ4v) is 1.68. The zero-order valence-electron chi connectivity index (χ0n) is 9.88. The summed E-state index contributed by atoms with van der Waals surface area (Å²) in [6.07, 6.45) is 1.37. The second-order valence-corrected chi connectivity index (χ2v) is 4.14. The third-order valence-electron chi connectivity index (χ3n) is 2.42. The molecule has 19 heavy (non-hydrogen) atoms. The number of hydrazone groups is 1. The summed E-state index contributed by atoms with van der Waals surface area (Å²) in [5.74, 6) is -0.310. The van der Waals surface area contributed by atoms with E-state index in [0.717, 1.165) is 0 Å². The molecule has 0 spiro atoms. The molecule has 0 aliphatic heterocycles. The van der Waals surface area contributed by atoms with Crippen molar-refractivity contribution >= 4 is 23.7 Å². The monoisotopic (exact) mass is 274 g/mol. The van der Waals surface area contributed by atoms with Crippen molar-refractivity contribution in [2.24, 2.45) is 5.10 Å². The van der Waals surface area contributed by atoms with E-state index in [1.807, 2.05) is 0 Å². The van der Waals surface area contributed by atoms with Crippen molar-refractivity contribution in [3.63, 3.8) is 0 Å². The first-order valence-electron chi connectivity index (χ1n) is 5.54. The summed E-state index contributed by atoms with van der Waals surface area (Å²) in [6, 6.07) is 13.4. The summed E-state index contributed by atoms with van der Waals surface area (Å²) in [5.41, 5.74) is 3.21. The maximum Gasteiger partial charge on any atom is 0.272 e. The van der Waals surface area contributed by atoms with Gasteiger partial charge in [0.05, 0.1) is 16.8 Å². The number of rotatable bonds is 3. The number of hydrogen-bond acceptors (Lipinski definition) is 3.